The van der Waals surface area contributed by atoms with Crippen LogP contribution in [0.1, 0.15) is 59.9 Å². The molecule has 1 aliphatic heterocycles. The van der Waals surface area contributed by atoms with E-state index in [1.165, 1.54) is 6.07 Å². The first-order chi connectivity index (χ1) is 14.3. The molecule has 0 spiro atoms. The van der Waals surface area contributed by atoms with E-state index >= 15 is 4.39 Å². The van der Waals surface area contributed by atoms with Crippen LogP contribution in [0.5, 0.6) is 0 Å². The van der Waals surface area contributed by atoms with Crippen molar-refractivity contribution in [2.24, 2.45) is 5.92 Å². The fourth-order valence-electron chi connectivity index (χ4n) is 3.91. The first-order valence-electron chi connectivity index (χ1n) is 11.0. The van der Waals surface area contributed by atoms with Gasteiger partial charge in [0.05, 0.1) is 16.5 Å². The molecule has 1 aliphatic carbocycles. The fourth-order valence-corrected chi connectivity index (χ4v) is 5.26. The average Bonchev–Trinajstić information content (AvgIpc) is 3.40. The molecule has 1 saturated carbocycles. The van der Waals surface area contributed by atoms with Crippen molar-refractivity contribution >= 4 is 33.5 Å². The quantitative estimate of drug-likeness (QED) is 0.658. The summed E-state index contributed by atoms with van der Waals surface area (Å²) < 4.78 is 56.7. The minimum atomic E-state index is -3.32. The molecule has 2 aromatic rings. The van der Waals surface area contributed by atoms with Crippen LogP contribution in [0.15, 0.2) is 18.3 Å². The van der Waals surface area contributed by atoms with Crippen molar-refractivity contribution in [3.05, 3.63) is 29.7 Å². The topological polar surface area (TPSA) is 69.6 Å². The standard InChI is InChI=1S/C22H32BFN2O4S/c1-14(2)12-26-13-15(11-25-31(27,28)16-7-8-16)17-9-19(24)18(10-20(17)26)23-29-21(3,4)22(5,6)30-23/h9-10,13-14,16,25H,7-8,11-12H2,1-6H3. The number of nitrogens with one attached hydrogen (secondary N) is 1. The van der Waals surface area contributed by atoms with Crippen LogP contribution in [0.25, 0.3) is 10.9 Å². The zero-order chi connectivity index (χ0) is 22.8. The Morgan fingerprint density at radius 3 is 2.35 bits per heavy atom. The molecule has 2 aliphatic rings. The number of fused-ring (bicyclic) bond motifs is 1. The average molecular weight is 450 g/mol. The molecule has 4 rings (SSSR count). The summed E-state index contributed by atoms with van der Waals surface area (Å²) in [7, 11) is -4.12. The van der Waals surface area contributed by atoms with Gasteiger partial charge in [0.25, 0.3) is 0 Å². The third-order valence-electron chi connectivity index (χ3n) is 6.58. The minimum Gasteiger partial charge on any atom is -0.399 e. The van der Waals surface area contributed by atoms with Gasteiger partial charge in [-0.2, -0.15) is 0 Å². The zero-order valence-corrected chi connectivity index (χ0v) is 20.0. The normalized spacial score (nSPS) is 20.8. The lowest BCUT2D eigenvalue weighted by atomic mass is 9.78. The SMILES string of the molecule is CC(C)Cn1cc(CNS(=O)(=O)C2CC2)c2cc(F)c(B3OC(C)(C)C(C)(C)O3)cc21. The Labute approximate surface area is 184 Å². The van der Waals surface area contributed by atoms with Gasteiger partial charge in [-0.15, -0.1) is 0 Å². The molecule has 1 aromatic carbocycles. The van der Waals surface area contributed by atoms with Crippen LogP contribution in [0.4, 0.5) is 4.39 Å². The van der Waals surface area contributed by atoms with Crippen molar-refractivity contribution in [3.8, 4) is 0 Å². The van der Waals surface area contributed by atoms with Gasteiger partial charge in [-0.25, -0.2) is 17.5 Å². The Kier molecular flexibility index (Phi) is 5.56. The van der Waals surface area contributed by atoms with Gasteiger partial charge in [0.2, 0.25) is 10.0 Å². The molecule has 2 heterocycles. The minimum absolute atomic E-state index is 0.149. The summed E-state index contributed by atoms with van der Waals surface area (Å²) in [5.41, 5.74) is 0.843. The van der Waals surface area contributed by atoms with Crippen molar-refractivity contribution in [2.75, 3.05) is 0 Å². The van der Waals surface area contributed by atoms with E-state index in [2.05, 4.69) is 23.1 Å². The van der Waals surface area contributed by atoms with Crippen LogP contribution >= 0.6 is 0 Å². The zero-order valence-electron chi connectivity index (χ0n) is 19.2. The smallest absolute Gasteiger partial charge is 0.399 e. The molecule has 170 valence electrons. The summed E-state index contributed by atoms with van der Waals surface area (Å²) in [6.07, 6.45) is 3.33. The number of benzene rings is 1. The van der Waals surface area contributed by atoms with E-state index < -0.39 is 34.2 Å². The number of nitrogens with zero attached hydrogens (tertiary/aromatic N) is 1. The summed E-state index contributed by atoms with van der Waals surface area (Å²) in [6, 6.07) is 3.27. The highest BCUT2D eigenvalue weighted by molar-refractivity contribution is 7.90. The third-order valence-corrected chi connectivity index (χ3v) is 8.47. The maximum Gasteiger partial charge on any atom is 0.497 e. The first kappa shape index (κ1) is 22.8. The van der Waals surface area contributed by atoms with E-state index in [0.29, 0.717) is 29.6 Å². The lowest BCUT2D eigenvalue weighted by Crippen LogP contribution is -2.41. The fraction of sp³-hybridized carbons (Fsp3) is 0.636. The second-order valence-electron chi connectivity index (χ2n) is 10.2. The number of rotatable bonds is 7. The van der Waals surface area contributed by atoms with E-state index in [-0.39, 0.29) is 11.8 Å². The van der Waals surface area contributed by atoms with Crippen molar-refractivity contribution < 1.29 is 22.1 Å². The van der Waals surface area contributed by atoms with Gasteiger partial charge >= 0.3 is 7.12 Å². The van der Waals surface area contributed by atoms with Gasteiger partial charge < -0.3 is 13.9 Å². The van der Waals surface area contributed by atoms with Crippen LogP contribution in [0.3, 0.4) is 0 Å². The van der Waals surface area contributed by atoms with E-state index in [4.69, 9.17) is 9.31 Å². The monoisotopic (exact) mass is 450 g/mol. The van der Waals surface area contributed by atoms with Crippen LogP contribution < -0.4 is 10.2 Å². The van der Waals surface area contributed by atoms with Crippen molar-refractivity contribution in [3.63, 3.8) is 0 Å². The molecule has 2 fully saturated rings. The molecular formula is C22H32BFN2O4S. The summed E-state index contributed by atoms with van der Waals surface area (Å²) in [4.78, 5) is 0. The van der Waals surface area contributed by atoms with Gasteiger partial charge in [-0.1, -0.05) is 13.8 Å². The van der Waals surface area contributed by atoms with E-state index in [9.17, 15) is 8.42 Å². The molecule has 0 atom stereocenters. The Hall–Kier alpha value is -1.42. The summed E-state index contributed by atoms with van der Waals surface area (Å²) in [5, 5.41) is 0.417. The highest BCUT2D eigenvalue weighted by Crippen LogP contribution is 2.37. The number of hydrogen-bond acceptors (Lipinski definition) is 4. The molecule has 0 amide bonds. The predicted molar refractivity (Wildman–Crippen MR) is 121 cm³/mol. The Balaban J connectivity index is 1.72. The van der Waals surface area contributed by atoms with Gasteiger partial charge in [0, 0.05) is 35.7 Å². The number of hydrogen-bond donors (Lipinski definition) is 1. The molecular weight excluding hydrogens is 418 g/mol. The molecule has 9 heteroatoms. The van der Waals surface area contributed by atoms with Crippen molar-refractivity contribution in [2.45, 2.75) is 83.9 Å². The van der Waals surface area contributed by atoms with Crippen molar-refractivity contribution in [1.82, 2.24) is 9.29 Å². The second-order valence-corrected chi connectivity index (χ2v) is 12.3. The van der Waals surface area contributed by atoms with Crippen LogP contribution in [-0.4, -0.2) is 36.6 Å². The molecule has 0 radical (unpaired) electrons. The highest BCUT2D eigenvalue weighted by Gasteiger charge is 2.52. The highest BCUT2D eigenvalue weighted by atomic mass is 32.2. The van der Waals surface area contributed by atoms with Crippen molar-refractivity contribution in [1.29, 1.82) is 0 Å². The molecule has 6 nitrogen and oxygen atoms in total. The number of aromatic nitrogens is 1. The van der Waals surface area contributed by atoms with Crippen LogP contribution in [0, 0.1) is 11.7 Å². The van der Waals surface area contributed by atoms with E-state index in [1.54, 1.807) is 6.07 Å². The lowest BCUT2D eigenvalue weighted by molar-refractivity contribution is 0.00578. The van der Waals surface area contributed by atoms with E-state index in [1.807, 2.05) is 33.9 Å². The van der Waals surface area contributed by atoms with Crippen LogP contribution in [0.2, 0.25) is 0 Å². The van der Waals surface area contributed by atoms with Gasteiger partial charge in [-0.3, -0.25) is 0 Å². The maximum absolute atomic E-state index is 15.2. The summed E-state index contributed by atoms with van der Waals surface area (Å²) in [6.45, 7) is 12.9. The molecule has 0 bridgehead atoms. The first-order valence-corrected chi connectivity index (χ1v) is 12.5. The summed E-state index contributed by atoms with van der Waals surface area (Å²) >= 11 is 0. The van der Waals surface area contributed by atoms with E-state index in [0.717, 1.165) is 17.6 Å². The Morgan fingerprint density at radius 2 is 1.81 bits per heavy atom. The molecule has 31 heavy (non-hydrogen) atoms. The third kappa shape index (κ3) is 4.29. The largest absolute Gasteiger partial charge is 0.497 e. The van der Waals surface area contributed by atoms with Gasteiger partial charge in [0.1, 0.15) is 5.82 Å². The lowest BCUT2D eigenvalue weighted by Gasteiger charge is -2.32. The van der Waals surface area contributed by atoms with Crippen LogP contribution in [-0.2, 0) is 32.4 Å². The maximum atomic E-state index is 15.2. The Morgan fingerprint density at radius 1 is 1.19 bits per heavy atom. The molecule has 0 unspecified atom stereocenters. The number of halogens is 1. The molecule has 1 saturated heterocycles. The summed E-state index contributed by atoms with van der Waals surface area (Å²) in [5.74, 6) is -0.0449. The van der Waals surface area contributed by atoms with Gasteiger partial charge in [0.15, 0.2) is 0 Å². The molecule has 1 N–H and O–H groups in total. The number of sulfonamides is 1. The second kappa shape index (κ2) is 7.58. The predicted octanol–water partition coefficient (Wildman–Crippen LogP) is 3.32. The van der Waals surface area contributed by atoms with Gasteiger partial charge in [-0.05, 0) is 64.2 Å². The Bertz CT molecular complexity index is 1090. The molecule has 1 aromatic heterocycles.